The summed E-state index contributed by atoms with van der Waals surface area (Å²) in [6.07, 6.45) is 5.74. The van der Waals surface area contributed by atoms with E-state index >= 15 is 0 Å². The zero-order valence-corrected chi connectivity index (χ0v) is 12.8. The van der Waals surface area contributed by atoms with Gasteiger partial charge in [-0.25, -0.2) is 0 Å². The van der Waals surface area contributed by atoms with Gasteiger partial charge in [-0.2, -0.15) is 5.10 Å². The van der Waals surface area contributed by atoms with Gasteiger partial charge in [-0.1, -0.05) is 44.9 Å². The summed E-state index contributed by atoms with van der Waals surface area (Å²) in [6, 6.07) is 8.44. The summed E-state index contributed by atoms with van der Waals surface area (Å²) in [5, 5.41) is 5.98. The van der Waals surface area contributed by atoms with Crippen LogP contribution in [0.3, 0.4) is 0 Å². The van der Waals surface area contributed by atoms with Gasteiger partial charge in [0.05, 0.1) is 11.2 Å². The first-order chi connectivity index (χ1) is 9.43. The number of benzene rings is 1. The van der Waals surface area contributed by atoms with Crippen LogP contribution in [0.5, 0.6) is 0 Å². The highest BCUT2D eigenvalue weighted by Gasteiger charge is 2.44. The molecule has 3 rings (SSSR count). The summed E-state index contributed by atoms with van der Waals surface area (Å²) < 4.78 is 1.98. The maximum atomic E-state index is 6.82. The van der Waals surface area contributed by atoms with Crippen molar-refractivity contribution in [3.05, 3.63) is 30.0 Å². The molecule has 1 saturated carbocycles. The molecule has 1 unspecified atom stereocenters. The lowest BCUT2D eigenvalue weighted by molar-refractivity contribution is 0.0983. The van der Waals surface area contributed by atoms with Crippen LogP contribution in [0, 0.1) is 5.41 Å². The van der Waals surface area contributed by atoms with E-state index in [0.29, 0.717) is 0 Å². The van der Waals surface area contributed by atoms with E-state index in [9.17, 15) is 0 Å². The minimum absolute atomic E-state index is 0.137. The highest BCUT2D eigenvalue weighted by Crippen LogP contribution is 2.44. The number of aryl methyl sites for hydroxylation is 1. The molecule has 0 saturated heterocycles. The average molecular weight is 271 g/mol. The number of nitrogens with zero attached hydrogens (tertiary/aromatic N) is 2. The van der Waals surface area contributed by atoms with Crippen molar-refractivity contribution in [1.29, 1.82) is 0 Å². The van der Waals surface area contributed by atoms with E-state index in [4.69, 9.17) is 10.8 Å². The molecule has 2 N–H and O–H groups in total. The Labute approximate surface area is 121 Å². The molecule has 0 spiro atoms. The van der Waals surface area contributed by atoms with Crippen LogP contribution < -0.4 is 5.73 Å². The van der Waals surface area contributed by atoms with Gasteiger partial charge >= 0.3 is 0 Å². The van der Waals surface area contributed by atoms with Crippen LogP contribution in [0.4, 0.5) is 0 Å². The number of fused-ring (bicyclic) bond motifs is 1. The van der Waals surface area contributed by atoms with Crippen molar-refractivity contribution >= 4 is 10.9 Å². The van der Waals surface area contributed by atoms with Crippen LogP contribution in [-0.4, -0.2) is 15.3 Å². The standard InChI is InChI=1S/C17H25N3/c1-16(2)10-6-7-11-17(16,18)12-14-13-8-4-5-9-15(13)20(3)19-14/h4-5,8-9H,6-7,10-12,18H2,1-3H3. The maximum Gasteiger partial charge on any atom is 0.0721 e. The third-order valence-corrected chi connectivity index (χ3v) is 5.34. The Kier molecular flexibility index (Phi) is 3.13. The molecular weight excluding hydrogens is 246 g/mol. The Hall–Kier alpha value is -1.35. The lowest BCUT2D eigenvalue weighted by Crippen LogP contribution is -2.56. The minimum Gasteiger partial charge on any atom is -0.324 e. The van der Waals surface area contributed by atoms with Gasteiger partial charge in [0.15, 0.2) is 0 Å². The van der Waals surface area contributed by atoms with Crippen LogP contribution in [-0.2, 0) is 13.5 Å². The lowest BCUT2D eigenvalue weighted by Gasteiger charge is -2.47. The predicted octanol–water partition coefficient (Wildman–Crippen LogP) is 3.41. The van der Waals surface area contributed by atoms with Crippen LogP contribution in [0.25, 0.3) is 10.9 Å². The molecule has 0 radical (unpaired) electrons. The molecule has 1 fully saturated rings. The number of para-hydroxylation sites is 1. The Morgan fingerprint density at radius 3 is 2.65 bits per heavy atom. The Morgan fingerprint density at radius 1 is 1.20 bits per heavy atom. The van der Waals surface area contributed by atoms with Crippen molar-refractivity contribution in [2.45, 2.75) is 51.5 Å². The van der Waals surface area contributed by atoms with E-state index in [1.165, 1.54) is 30.2 Å². The topological polar surface area (TPSA) is 43.8 Å². The first kappa shape index (κ1) is 13.6. The van der Waals surface area contributed by atoms with Crippen molar-refractivity contribution in [1.82, 2.24) is 9.78 Å². The van der Waals surface area contributed by atoms with E-state index < -0.39 is 0 Å². The summed E-state index contributed by atoms with van der Waals surface area (Å²) in [5.74, 6) is 0. The highest BCUT2D eigenvalue weighted by molar-refractivity contribution is 5.82. The Balaban J connectivity index is 2.00. The van der Waals surface area contributed by atoms with Crippen LogP contribution in [0.1, 0.15) is 45.2 Å². The van der Waals surface area contributed by atoms with Gasteiger partial charge in [-0.05, 0) is 24.3 Å². The summed E-state index contributed by atoms with van der Waals surface area (Å²) in [7, 11) is 2.01. The summed E-state index contributed by atoms with van der Waals surface area (Å²) in [5.41, 5.74) is 9.22. The molecule has 1 aliphatic carbocycles. The van der Waals surface area contributed by atoms with Crippen molar-refractivity contribution in [3.63, 3.8) is 0 Å². The maximum absolute atomic E-state index is 6.82. The first-order valence-electron chi connectivity index (χ1n) is 7.62. The second kappa shape index (κ2) is 4.59. The van der Waals surface area contributed by atoms with Gasteiger partial charge in [0.1, 0.15) is 0 Å². The van der Waals surface area contributed by atoms with E-state index in [1.54, 1.807) is 0 Å². The van der Waals surface area contributed by atoms with Gasteiger partial charge in [0.2, 0.25) is 0 Å². The van der Waals surface area contributed by atoms with Crippen molar-refractivity contribution in [3.8, 4) is 0 Å². The van der Waals surface area contributed by atoms with Gasteiger partial charge in [0.25, 0.3) is 0 Å². The number of nitrogens with two attached hydrogens (primary N) is 1. The molecule has 0 bridgehead atoms. The molecule has 1 aliphatic rings. The van der Waals surface area contributed by atoms with Crippen molar-refractivity contribution in [2.24, 2.45) is 18.2 Å². The fourth-order valence-electron chi connectivity index (χ4n) is 3.64. The van der Waals surface area contributed by atoms with Gasteiger partial charge < -0.3 is 5.73 Å². The molecule has 1 aromatic heterocycles. The fraction of sp³-hybridized carbons (Fsp3) is 0.588. The third-order valence-electron chi connectivity index (χ3n) is 5.34. The SMILES string of the molecule is Cn1nc(CC2(N)CCCCC2(C)C)c2ccccc21. The van der Waals surface area contributed by atoms with Gasteiger partial charge in [-0.15, -0.1) is 0 Å². The molecule has 3 heteroatoms. The molecule has 0 amide bonds. The monoisotopic (exact) mass is 271 g/mol. The zero-order chi connectivity index (χ0) is 14.4. The van der Waals surface area contributed by atoms with E-state index in [2.05, 4.69) is 38.1 Å². The molecule has 1 atom stereocenters. The van der Waals surface area contributed by atoms with Crippen LogP contribution >= 0.6 is 0 Å². The molecule has 3 nitrogen and oxygen atoms in total. The quantitative estimate of drug-likeness (QED) is 0.909. The van der Waals surface area contributed by atoms with E-state index in [-0.39, 0.29) is 11.0 Å². The van der Waals surface area contributed by atoms with Crippen LogP contribution in [0.15, 0.2) is 24.3 Å². The summed E-state index contributed by atoms with van der Waals surface area (Å²) in [4.78, 5) is 0. The third kappa shape index (κ3) is 2.05. The van der Waals surface area contributed by atoms with Crippen molar-refractivity contribution in [2.75, 3.05) is 0 Å². The smallest absolute Gasteiger partial charge is 0.0721 e. The Bertz CT molecular complexity index is 626. The number of aromatic nitrogens is 2. The number of hydrogen-bond acceptors (Lipinski definition) is 2. The molecule has 1 aromatic carbocycles. The fourth-order valence-corrected chi connectivity index (χ4v) is 3.64. The molecule has 20 heavy (non-hydrogen) atoms. The number of rotatable bonds is 2. The first-order valence-corrected chi connectivity index (χ1v) is 7.62. The summed E-state index contributed by atoms with van der Waals surface area (Å²) >= 11 is 0. The largest absolute Gasteiger partial charge is 0.324 e. The molecule has 108 valence electrons. The number of hydrogen-bond donors (Lipinski definition) is 1. The van der Waals surface area contributed by atoms with E-state index in [0.717, 1.165) is 18.5 Å². The molecule has 1 heterocycles. The highest BCUT2D eigenvalue weighted by atomic mass is 15.3. The van der Waals surface area contributed by atoms with Crippen LogP contribution in [0.2, 0.25) is 0 Å². The minimum atomic E-state index is -0.137. The second-order valence-electron chi connectivity index (χ2n) is 7.01. The molecule has 0 aliphatic heterocycles. The average Bonchev–Trinajstić information content (AvgIpc) is 2.71. The second-order valence-corrected chi connectivity index (χ2v) is 7.01. The molecule has 2 aromatic rings. The lowest BCUT2D eigenvalue weighted by atomic mass is 9.62. The normalized spacial score (nSPS) is 26.0. The predicted molar refractivity (Wildman–Crippen MR) is 83.6 cm³/mol. The van der Waals surface area contributed by atoms with Crippen molar-refractivity contribution < 1.29 is 0 Å². The van der Waals surface area contributed by atoms with E-state index in [1.807, 2.05) is 11.7 Å². The molecular formula is C17H25N3. The zero-order valence-electron chi connectivity index (χ0n) is 12.8. The Morgan fingerprint density at radius 2 is 1.90 bits per heavy atom. The van der Waals surface area contributed by atoms with Gasteiger partial charge in [0, 0.05) is 24.4 Å². The summed E-state index contributed by atoms with van der Waals surface area (Å²) in [6.45, 7) is 4.63. The van der Waals surface area contributed by atoms with Gasteiger partial charge in [-0.3, -0.25) is 4.68 Å².